The van der Waals surface area contributed by atoms with Crippen LogP contribution in [0.1, 0.15) is 23.2 Å². The summed E-state index contributed by atoms with van der Waals surface area (Å²) < 4.78 is 5.91. The lowest BCUT2D eigenvalue weighted by Gasteiger charge is -2.24. The van der Waals surface area contributed by atoms with Crippen LogP contribution in [0.5, 0.6) is 0 Å². The maximum atomic E-state index is 11.1. The molecule has 1 fully saturated rings. The van der Waals surface area contributed by atoms with Gasteiger partial charge in [-0.05, 0) is 34.8 Å². The van der Waals surface area contributed by atoms with Crippen LogP contribution in [0.25, 0.3) is 0 Å². The number of aromatic carboxylic acids is 1. The van der Waals surface area contributed by atoms with Gasteiger partial charge in [0.1, 0.15) is 11.4 Å². The molecule has 1 aliphatic heterocycles. The molecular weight excluding hydrogens is 288 g/mol. The lowest BCUT2D eigenvalue weighted by molar-refractivity contribution is 0.0697. The Kier molecular flexibility index (Phi) is 3.96. The van der Waals surface area contributed by atoms with Crippen LogP contribution in [0.4, 0.5) is 5.82 Å². The second kappa shape index (κ2) is 5.46. The van der Waals surface area contributed by atoms with E-state index < -0.39 is 5.97 Å². The zero-order valence-electron chi connectivity index (χ0n) is 9.15. The largest absolute Gasteiger partial charge is 0.478 e. The van der Waals surface area contributed by atoms with Crippen LogP contribution < -0.4 is 5.32 Å². The van der Waals surface area contributed by atoms with Gasteiger partial charge >= 0.3 is 5.97 Å². The molecule has 0 aromatic carbocycles. The normalized spacial score (nSPS) is 16.8. The molecule has 2 N–H and O–H groups in total. The van der Waals surface area contributed by atoms with Gasteiger partial charge < -0.3 is 15.2 Å². The molecule has 0 aliphatic carbocycles. The smallest absolute Gasteiger partial charge is 0.339 e. The Balaban J connectivity index is 2.16. The molecule has 0 saturated carbocycles. The number of carboxylic acid groups (broad SMARTS) is 1. The van der Waals surface area contributed by atoms with Gasteiger partial charge in [0.25, 0.3) is 0 Å². The number of ether oxygens (including phenoxy) is 1. The van der Waals surface area contributed by atoms with Gasteiger partial charge in [0, 0.05) is 29.9 Å². The number of carbonyl (C=O) groups is 1. The van der Waals surface area contributed by atoms with Crippen LogP contribution in [0, 0.1) is 0 Å². The number of anilines is 1. The van der Waals surface area contributed by atoms with Crippen LogP contribution in [-0.2, 0) is 4.74 Å². The summed E-state index contributed by atoms with van der Waals surface area (Å²) in [5, 5.41) is 12.3. The first kappa shape index (κ1) is 12.3. The molecular formula is C11H13BrN2O3. The molecule has 0 unspecified atom stereocenters. The molecule has 1 aromatic rings. The third kappa shape index (κ3) is 3.17. The Morgan fingerprint density at radius 1 is 1.53 bits per heavy atom. The van der Waals surface area contributed by atoms with Gasteiger partial charge in [0.15, 0.2) is 0 Å². The number of hydrogen-bond donors (Lipinski definition) is 2. The predicted molar refractivity (Wildman–Crippen MR) is 66.4 cm³/mol. The van der Waals surface area contributed by atoms with Crippen molar-refractivity contribution in [2.24, 2.45) is 0 Å². The molecule has 0 amide bonds. The number of carboxylic acids is 1. The number of rotatable bonds is 3. The quantitative estimate of drug-likeness (QED) is 0.895. The van der Waals surface area contributed by atoms with Crippen molar-refractivity contribution in [1.82, 2.24) is 4.98 Å². The Hall–Kier alpha value is -1.14. The fourth-order valence-electron chi connectivity index (χ4n) is 1.75. The maximum absolute atomic E-state index is 11.1. The zero-order valence-corrected chi connectivity index (χ0v) is 10.7. The van der Waals surface area contributed by atoms with Crippen LogP contribution in [-0.4, -0.2) is 35.3 Å². The molecule has 1 saturated heterocycles. The number of pyridine rings is 1. The summed E-state index contributed by atoms with van der Waals surface area (Å²) in [5.41, 5.74) is 0.186. The van der Waals surface area contributed by atoms with E-state index in [1.807, 2.05) is 0 Å². The standard InChI is InChI=1S/C11H13BrN2O3/c12-7-5-9(11(15)16)10(13-6-7)14-8-1-3-17-4-2-8/h5-6,8H,1-4H2,(H,13,14)(H,15,16). The third-order valence-electron chi connectivity index (χ3n) is 2.65. The van der Waals surface area contributed by atoms with Gasteiger partial charge in [0.05, 0.1) is 0 Å². The van der Waals surface area contributed by atoms with E-state index in [1.54, 1.807) is 12.3 Å². The summed E-state index contributed by atoms with van der Waals surface area (Å²) in [4.78, 5) is 15.2. The predicted octanol–water partition coefficient (Wildman–Crippen LogP) is 2.13. The second-order valence-electron chi connectivity index (χ2n) is 3.89. The number of nitrogens with zero attached hydrogens (tertiary/aromatic N) is 1. The molecule has 0 radical (unpaired) electrons. The monoisotopic (exact) mass is 300 g/mol. The van der Waals surface area contributed by atoms with Crippen molar-refractivity contribution < 1.29 is 14.6 Å². The first-order chi connectivity index (χ1) is 8.16. The molecule has 2 heterocycles. The van der Waals surface area contributed by atoms with E-state index in [0.717, 1.165) is 12.8 Å². The second-order valence-corrected chi connectivity index (χ2v) is 4.80. The first-order valence-electron chi connectivity index (χ1n) is 5.40. The Labute approximate surface area is 107 Å². The van der Waals surface area contributed by atoms with Crippen LogP contribution in [0.2, 0.25) is 0 Å². The lowest BCUT2D eigenvalue weighted by Crippen LogP contribution is -2.29. The van der Waals surface area contributed by atoms with E-state index in [1.165, 1.54) is 0 Å². The van der Waals surface area contributed by atoms with Gasteiger partial charge in [0.2, 0.25) is 0 Å². The summed E-state index contributed by atoms with van der Waals surface area (Å²) in [6.45, 7) is 1.41. The number of nitrogens with one attached hydrogen (secondary N) is 1. The molecule has 1 aromatic heterocycles. The van der Waals surface area contributed by atoms with Crippen molar-refractivity contribution in [3.8, 4) is 0 Å². The van der Waals surface area contributed by atoms with E-state index in [-0.39, 0.29) is 11.6 Å². The zero-order chi connectivity index (χ0) is 12.3. The van der Waals surface area contributed by atoms with Crippen LogP contribution >= 0.6 is 15.9 Å². The highest BCUT2D eigenvalue weighted by Gasteiger charge is 2.18. The van der Waals surface area contributed by atoms with E-state index in [0.29, 0.717) is 23.5 Å². The highest BCUT2D eigenvalue weighted by atomic mass is 79.9. The van der Waals surface area contributed by atoms with Crippen molar-refractivity contribution in [3.05, 3.63) is 22.3 Å². The van der Waals surface area contributed by atoms with Crippen molar-refractivity contribution in [2.75, 3.05) is 18.5 Å². The molecule has 1 aliphatic rings. The fourth-order valence-corrected chi connectivity index (χ4v) is 2.08. The van der Waals surface area contributed by atoms with Crippen LogP contribution in [0.15, 0.2) is 16.7 Å². The van der Waals surface area contributed by atoms with Gasteiger partial charge in [-0.2, -0.15) is 0 Å². The molecule has 0 bridgehead atoms. The Morgan fingerprint density at radius 2 is 2.24 bits per heavy atom. The van der Waals surface area contributed by atoms with E-state index in [9.17, 15) is 4.79 Å². The van der Waals surface area contributed by atoms with Crippen LogP contribution in [0.3, 0.4) is 0 Å². The summed E-state index contributed by atoms with van der Waals surface area (Å²) in [5.74, 6) is -0.555. The van der Waals surface area contributed by atoms with Gasteiger partial charge in [-0.3, -0.25) is 0 Å². The Morgan fingerprint density at radius 3 is 2.88 bits per heavy atom. The number of hydrogen-bond acceptors (Lipinski definition) is 4. The van der Waals surface area contributed by atoms with E-state index >= 15 is 0 Å². The summed E-state index contributed by atoms with van der Waals surface area (Å²) in [7, 11) is 0. The third-order valence-corrected chi connectivity index (χ3v) is 3.08. The maximum Gasteiger partial charge on any atom is 0.339 e. The molecule has 17 heavy (non-hydrogen) atoms. The lowest BCUT2D eigenvalue weighted by atomic mass is 10.1. The van der Waals surface area contributed by atoms with Gasteiger partial charge in [-0.15, -0.1) is 0 Å². The molecule has 0 atom stereocenters. The van der Waals surface area contributed by atoms with Crippen molar-refractivity contribution in [2.45, 2.75) is 18.9 Å². The highest BCUT2D eigenvalue weighted by Crippen LogP contribution is 2.20. The highest BCUT2D eigenvalue weighted by molar-refractivity contribution is 9.10. The average molecular weight is 301 g/mol. The summed E-state index contributed by atoms with van der Waals surface area (Å²) >= 11 is 3.22. The van der Waals surface area contributed by atoms with Crippen molar-refractivity contribution in [3.63, 3.8) is 0 Å². The topological polar surface area (TPSA) is 71.5 Å². The SMILES string of the molecule is O=C(O)c1cc(Br)cnc1NC1CCOCC1. The number of halogens is 1. The van der Waals surface area contributed by atoms with Crippen molar-refractivity contribution in [1.29, 1.82) is 0 Å². The minimum absolute atomic E-state index is 0.186. The molecule has 5 nitrogen and oxygen atoms in total. The van der Waals surface area contributed by atoms with E-state index in [4.69, 9.17) is 9.84 Å². The molecule has 6 heteroatoms. The molecule has 92 valence electrons. The minimum atomic E-state index is -0.978. The minimum Gasteiger partial charge on any atom is -0.478 e. The van der Waals surface area contributed by atoms with Gasteiger partial charge in [-0.25, -0.2) is 9.78 Å². The summed E-state index contributed by atoms with van der Waals surface area (Å²) in [6.07, 6.45) is 3.34. The molecule has 0 spiro atoms. The number of aromatic nitrogens is 1. The fraction of sp³-hybridized carbons (Fsp3) is 0.455. The Bertz CT molecular complexity index is 419. The van der Waals surface area contributed by atoms with Crippen molar-refractivity contribution >= 4 is 27.7 Å². The van der Waals surface area contributed by atoms with E-state index in [2.05, 4.69) is 26.2 Å². The average Bonchev–Trinajstić information content (AvgIpc) is 2.32. The summed E-state index contributed by atoms with van der Waals surface area (Å²) in [6, 6.07) is 1.78. The van der Waals surface area contributed by atoms with Gasteiger partial charge in [-0.1, -0.05) is 0 Å². The molecule has 2 rings (SSSR count). The first-order valence-corrected chi connectivity index (χ1v) is 6.19.